The van der Waals surface area contributed by atoms with Gasteiger partial charge in [-0.05, 0) is 37.0 Å². The first-order valence-corrected chi connectivity index (χ1v) is 7.97. The van der Waals surface area contributed by atoms with Crippen LogP contribution in [0.2, 0.25) is 0 Å². The van der Waals surface area contributed by atoms with Crippen molar-refractivity contribution in [3.8, 4) is 11.5 Å². The number of hydrogen-bond donors (Lipinski definition) is 0. The Hall–Kier alpha value is -1.56. The van der Waals surface area contributed by atoms with Crippen LogP contribution in [0.3, 0.4) is 0 Å². The largest absolute Gasteiger partial charge is 0.493 e. The van der Waals surface area contributed by atoms with Gasteiger partial charge < -0.3 is 14.2 Å². The van der Waals surface area contributed by atoms with Gasteiger partial charge in [-0.2, -0.15) is 0 Å². The first-order chi connectivity index (χ1) is 10.5. The number of carbonyl (C=O) groups excluding carboxylic acids is 2. The van der Waals surface area contributed by atoms with Crippen LogP contribution in [0, 0.1) is 0 Å². The van der Waals surface area contributed by atoms with Gasteiger partial charge in [0, 0.05) is 10.9 Å². The van der Waals surface area contributed by atoms with E-state index in [1.54, 1.807) is 19.2 Å². The minimum atomic E-state index is -0.583. The fraction of sp³-hybridized carbons (Fsp3) is 0.500. The van der Waals surface area contributed by atoms with Gasteiger partial charge in [0.25, 0.3) is 0 Å². The first-order valence-electron chi connectivity index (χ1n) is 7.17. The Morgan fingerprint density at radius 1 is 1.23 bits per heavy atom. The summed E-state index contributed by atoms with van der Waals surface area (Å²) in [6, 6.07) is 3.47. The van der Waals surface area contributed by atoms with Crippen molar-refractivity contribution in [3.63, 3.8) is 0 Å². The fourth-order valence-corrected chi connectivity index (χ4v) is 2.93. The van der Waals surface area contributed by atoms with Gasteiger partial charge in [-0.25, -0.2) is 0 Å². The maximum Gasteiger partial charge on any atom is 0.311 e. The number of Topliss-reactive ketones (excluding diaryl/α,β-unsaturated/α-hetero) is 1. The second-order valence-corrected chi connectivity index (χ2v) is 6.02. The number of esters is 1. The molecule has 1 saturated carbocycles. The molecule has 0 spiro atoms. The molecule has 0 amide bonds. The Morgan fingerprint density at radius 2 is 1.91 bits per heavy atom. The molecule has 120 valence electrons. The molecule has 0 aliphatic heterocycles. The predicted octanol–water partition coefficient (Wildman–Crippen LogP) is 3.06. The zero-order chi connectivity index (χ0) is 16.1. The van der Waals surface area contributed by atoms with E-state index in [1.807, 2.05) is 0 Å². The Bertz CT molecular complexity index is 570. The Morgan fingerprint density at radius 3 is 2.55 bits per heavy atom. The minimum Gasteiger partial charge on any atom is -0.493 e. The lowest BCUT2D eigenvalue weighted by Crippen LogP contribution is -2.30. The Balaban J connectivity index is 2.06. The highest BCUT2D eigenvalue weighted by Crippen LogP contribution is 2.33. The van der Waals surface area contributed by atoms with Gasteiger partial charge >= 0.3 is 5.97 Å². The zero-order valence-corrected chi connectivity index (χ0v) is 14.3. The van der Waals surface area contributed by atoms with Gasteiger partial charge in [0.05, 0.1) is 20.6 Å². The van der Waals surface area contributed by atoms with E-state index in [4.69, 9.17) is 14.2 Å². The average Bonchev–Trinajstić information content (AvgIpc) is 2.51. The van der Waals surface area contributed by atoms with Crippen LogP contribution in [0.5, 0.6) is 11.5 Å². The number of carbonyl (C=O) groups is 2. The molecule has 0 saturated heterocycles. The molecule has 5 nitrogen and oxygen atoms in total. The average molecular weight is 371 g/mol. The maximum absolute atomic E-state index is 12.1. The molecule has 0 heterocycles. The summed E-state index contributed by atoms with van der Waals surface area (Å²) in [6.07, 6.45) is 2.42. The van der Waals surface area contributed by atoms with Gasteiger partial charge in [-0.1, -0.05) is 15.9 Å². The lowest BCUT2D eigenvalue weighted by atomic mass is 9.96. The standard InChI is InChI=1S/C16H19BrO5/c1-20-14-7-10(11(17)9-15(14)21-2)8-16(19)22-13-6-4-3-5-12(13)18/h7,9,13H,3-6,8H2,1-2H3/t13-/m1/s1. The van der Waals surface area contributed by atoms with Crippen molar-refractivity contribution in [2.75, 3.05) is 14.2 Å². The summed E-state index contributed by atoms with van der Waals surface area (Å²) in [5.41, 5.74) is 0.728. The van der Waals surface area contributed by atoms with E-state index in [0.29, 0.717) is 24.3 Å². The molecular weight excluding hydrogens is 352 g/mol. The van der Waals surface area contributed by atoms with Gasteiger partial charge in [0.15, 0.2) is 23.4 Å². The van der Waals surface area contributed by atoms with Crippen LogP contribution in [0.1, 0.15) is 31.2 Å². The third-order valence-corrected chi connectivity index (χ3v) is 4.40. The highest BCUT2D eigenvalue weighted by molar-refractivity contribution is 9.10. The summed E-state index contributed by atoms with van der Waals surface area (Å²) >= 11 is 3.41. The molecule has 1 aliphatic carbocycles. The molecule has 1 aromatic carbocycles. The van der Waals surface area contributed by atoms with Crippen molar-refractivity contribution in [3.05, 3.63) is 22.2 Å². The quantitative estimate of drug-likeness (QED) is 0.745. The molecule has 1 fully saturated rings. The lowest BCUT2D eigenvalue weighted by Gasteiger charge is -2.21. The highest BCUT2D eigenvalue weighted by Gasteiger charge is 2.26. The van der Waals surface area contributed by atoms with Crippen LogP contribution < -0.4 is 9.47 Å². The predicted molar refractivity (Wildman–Crippen MR) is 84.3 cm³/mol. The molecule has 1 aromatic rings. The molecule has 1 aliphatic rings. The molecule has 6 heteroatoms. The summed E-state index contributed by atoms with van der Waals surface area (Å²) in [4.78, 5) is 23.8. The van der Waals surface area contributed by atoms with Gasteiger partial charge in [0.1, 0.15) is 0 Å². The number of rotatable bonds is 5. The van der Waals surface area contributed by atoms with Crippen molar-refractivity contribution in [1.82, 2.24) is 0 Å². The number of methoxy groups -OCH3 is 2. The molecular formula is C16H19BrO5. The summed E-state index contributed by atoms with van der Waals surface area (Å²) in [7, 11) is 3.08. The van der Waals surface area contributed by atoms with E-state index >= 15 is 0 Å². The normalized spacial score (nSPS) is 18.0. The van der Waals surface area contributed by atoms with E-state index in [9.17, 15) is 9.59 Å². The Labute approximate surface area is 138 Å². The number of halogens is 1. The summed E-state index contributed by atoms with van der Waals surface area (Å²) in [5, 5.41) is 0. The maximum atomic E-state index is 12.1. The molecule has 0 unspecified atom stereocenters. The SMILES string of the molecule is COc1cc(Br)c(CC(=O)O[C@@H]2CCCCC2=O)cc1OC. The summed E-state index contributed by atoms with van der Waals surface area (Å²) in [5.74, 6) is 0.732. The number of ketones is 1. The highest BCUT2D eigenvalue weighted by atomic mass is 79.9. The minimum absolute atomic E-state index is 0.0194. The van der Waals surface area contributed by atoms with Crippen LogP contribution >= 0.6 is 15.9 Å². The third-order valence-electron chi connectivity index (χ3n) is 3.66. The molecule has 1 atom stereocenters. The zero-order valence-electron chi connectivity index (χ0n) is 12.7. The lowest BCUT2D eigenvalue weighted by molar-refractivity contribution is -0.156. The van der Waals surface area contributed by atoms with E-state index in [-0.39, 0.29) is 12.2 Å². The van der Waals surface area contributed by atoms with Crippen LogP contribution in [-0.2, 0) is 20.7 Å². The van der Waals surface area contributed by atoms with Gasteiger partial charge in [-0.15, -0.1) is 0 Å². The van der Waals surface area contributed by atoms with E-state index in [0.717, 1.165) is 22.9 Å². The molecule has 0 aromatic heterocycles. The Kier molecular flexibility index (Phi) is 5.83. The van der Waals surface area contributed by atoms with Crippen molar-refractivity contribution < 1.29 is 23.8 Å². The molecule has 0 radical (unpaired) electrons. The van der Waals surface area contributed by atoms with E-state index < -0.39 is 12.1 Å². The second kappa shape index (κ2) is 7.63. The van der Waals surface area contributed by atoms with Crippen LogP contribution in [0.15, 0.2) is 16.6 Å². The molecule has 22 heavy (non-hydrogen) atoms. The van der Waals surface area contributed by atoms with Crippen molar-refractivity contribution in [2.45, 2.75) is 38.2 Å². The molecule has 0 N–H and O–H groups in total. The number of benzene rings is 1. The monoisotopic (exact) mass is 370 g/mol. The first kappa shape index (κ1) is 16.8. The van der Waals surface area contributed by atoms with Gasteiger partial charge in [0.2, 0.25) is 0 Å². The third kappa shape index (κ3) is 4.00. The summed E-state index contributed by atoms with van der Waals surface area (Å²) in [6.45, 7) is 0. The van der Waals surface area contributed by atoms with E-state index in [1.165, 1.54) is 7.11 Å². The molecule has 0 bridgehead atoms. The number of ether oxygens (including phenoxy) is 3. The number of hydrogen-bond acceptors (Lipinski definition) is 5. The molecule has 2 rings (SSSR count). The second-order valence-electron chi connectivity index (χ2n) is 5.17. The van der Waals surface area contributed by atoms with E-state index in [2.05, 4.69) is 15.9 Å². The fourth-order valence-electron chi connectivity index (χ4n) is 2.46. The van der Waals surface area contributed by atoms with Crippen LogP contribution in [0.4, 0.5) is 0 Å². The topological polar surface area (TPSA) is 61.8 Å². The van der Waals surface area contributed by atoms with Crippen LogP contribution in [0.25, 0.3) is 0 Å². The summed E-state index contributed by atoms with van der Waals surface area (Å²) < 4.78 is 16.5. The van der Waals surface area contributed by atoms with Gasteiger partial charge in [-0.3, -0.25) is 9.59 Å². The van der Waals surface area contributed by atoms with Crippen LogP contribution in [-0.4, -0.2) is 32.1 Å². The van der Waals surface area contributed by atoms with Crippen molar-refractivity contribution in [1.29, 1.82) is 0 Å². The smallest absolute Gasteiger partial charge is 0.311 e. The van der Waals surface area contributed by atoms with Crippen molar-refractivity contribution in [2.24, 2.45) is 0 Å². The van der Waals surface area contributed by atoms with Crippen molar-refractivity contribution >= 4 is 27.7 Å².